The molecular formula is C14H18O3S. The molecule has 18 heavy (non-hydrogen) atoms. The molecule has 0 aliphatic carbocycles. The summed E-state index contributed by atoms with van der Waals surface area (Å²) >= 11 is 1.61. The van der Waals surface area contributed by atoms with E-state index in [2.05, 4.69) is 12.1 Å². The average Bonchev–Trinajstić information content (AvgIpc) is 2.90. The van der Waals surface area contributed by atoms with Gasteiger partial charge in [-0.05, 0) is 12.5 Å². The lowest BCUT2D eigenvalue weighted by Crippen LogP contribution is -2.24. The fraction of sp³-hybridized carbons (Fsp3) is 0.500. The van der Waals surface area contributed by atoms with Gasteiger partial charge in [0.05, 0.1) is 18.5 Å². The van der Waals surface area contributed by atoms with E-state index in [0.29, 0.717) is 13.2 Å². The van der Waals surface area contributed by atoms with Crippen LogP contribution >= 0.6 is 11.8 Å². The van der Waals surface area contributed by atoms with Crippen LogP contribution in [0.25, 0.3) is 0 Å². The minimum atomic E-state index is -0.134. The lowest BCUT2D eigenvalue weighted by Gasteiger charge is -2.14. The van der Waals surface area contributed by atoms with E-state index in [1.807, 2.05) is 25.1 Å². The normalized spacial score (nSPS) is 20.6. The molecule has 0 unspecified atom stereocenters. The molecule has 1 aromatic rings. The van der Waals surface area contributed by atoms with Gasteiger partial charge in [0.2, 0.25) is 0 Å². The Kier molecular flexibility index (Phi) is 5.08. The van der Waals surface area contributed by atoms with Crippen LogP contribution in [0.3, 0.4) is 0 Å². The highest BCUT2D eigenvalue weighted by molar-refractivity contribution is 7.99. The third kappa shape index (κ3) is 4.03. The van der Waals surface area contributed by atoms with Gasteiger partial charge in [-0.2, -0.15) is 0 Å². The van der Waals surface area contributed by atoms with Gasteiger partial charge >= 0.3 is 5.97 Å². The molecule has 0 aromatic heterocycles. The fourth-order valence-corrected chi connectivity index (χ4v) is 2.56. The highest BCUT2D eigenvalue weighted by atomic mass is 32.2. The number of thioether (sulfide) groups is 1. The largest absolute Gasteiger partial charge is 0.459 e. The summed E-state index contributed by atoms with van der Waals surface area (Å²) in [7, 11) is 0. The summed E-state index contributed by atoms with van der Waals surface area (Å²) in [5.41, 5.74) is 1.23. The first-order chi connectivity index (χ1) is 8.75. The molecule has 0 bridgehead atoms. The number of ether oxygens (including phenoxy) is 2. The minimum Gasteiger partial charge on any atom is -0.459 e. The number of carbonyl (C=O) groups excluding carboxylic acids is 1. The number of hydrogen-bond donors (Lipinski definition) is 0. The number of benzene rings is 1. The van der Waals surface area contributed by atoms with Crippen molar-refractivity contribution in [2.24, 2.45) is 0 Å². The molecule has 2 atom stereocenters. The number of rotatable bonds is 5. The van der Waals surface area contributed by atoms with Crippen molar-refractivity contribution in [3.63, 3.8) is 0 Å². The maximum atomic E-state index is 11.8. The van der Waals surface area contributed by atoms with Gasteiger partial charge < -0.3 is 9.47 Å². The standard InChI is InChI=1S/C14H18O3S/c1-11(14(15)17-13-7-8-16-9-13)18-10-12-5-3-2-4-6-12/h2-6,11,13H,7-10H2,1H3/t11-,13-/m1/s1. The van der Waals surface area contributed by atoms with Gasteiger partial charge in [0.1, 0.15) is 6.10 Å². The highest BCUT2D eigenvalue weighted by Gasteiger charge is 2.23. The van der Waals surface area contributed by atoms with Gasteiger partial charge in [-0.25, -0.2) is 0 Å². The zero-order valence-electron chi connectivity index (χ0n) is 10.5. The highest BCUT2D eigenvalue weighted by Crippen LogP contribution is 2.20. The molecule has 0 N–H and O–H groups in total. The van der Waals surface area contributed by atoms with E-state index in [1.165, 1.54) is 5.56 Å². The molecule has 1 fully saturated rings. The van der Waals surface area contributed by atoms with E-state index in [-0.39, 0.29) is 17.3 Å². The number of carbonyl (C=O) groups is 1. The Morgan fingerprint density at radius 2 is 2.28 bits per heavy atom. The molecule has 0 saturated carbocycles. The quantitative estimate of drug-likeness (QED) is 0.768. The van der Waals surface area contributed by atoms with Gasteiger partial charge in [0.25, 0.3) is 0 Å². The predicted molar refractivity (Wildman–Crippen MR) is 72.5 cm³/mol. The van der Waals surface area contributed by atoms with Crippen molar-refractivity contribution >= 4 is 17.7 Å². The Balaban J connectivity index is 1.73. The van der Waals surface area contributed by atoms with Gasteiger partial charge in [0.15, 0.2) is 0 Å². The monoisotopic (exact) mass is 266 g/mol. The summed E-state index contributed by atoms with van der Waals surface area (Å²) in [5.74, 6) is 0.699. The molecule has 2 rings (SSSR count). The second-order valence-electron chi connectivity index (χ2n) is 4.36. The molecule has 1 heterocycles. The van der Waals surface area contributed by atoms with Crippen molar-refractivity contribution in [1.29, 1.82) is 0 Å². The third-order valence-corrected chi connectivity index (χ3v) is 4.04. The van der Waals surface area contributed by atoms with Crippen LogP contribution in [-0.4, -0.2) is 30.5 Å². The van der Waals surface area contributed by atoms with E-state index < -0.39 is 0 Å². The fourth-order valence-electron chi connectivity index (χ4n) is 1.73. The maximum absolute atomic E-state index is 11.8. The van der Waals surface area contributed by atoms with Gasteiger partial charge in [-0.15, -0.1) is 11.8 Å². The van der Waals surface area contributed by atoms with Crippen molar-refractivity contribution in [2.75, 3.05) is 13.2 Å². The first-order valence-corrected chi connectivity index (χ1v) is 7.24. The van der Waals surface area contributed by atoms with Crippen LogP contribution in [-0.2, 0) is 20.0 Å². The predicted octanol–water partition coefficient (Wildman–Crippen LogP) is 2.64. The summed E-state index contributed by atoms with van der Waals surface area (Å²) in [5, 5.41) is -0.134. The lowest BCUT2D eigenvalue weighted by molar-refractivity contribution is -0.147. The number of esters is 1. The Bertz CT molecular complexity index is 374. The Labute approximate surface area is 112 Å². The van der Waals surface area contributed by atoms with E-state index >= 15 is 0 Å². The summed E-state index contributed by atoms with van der Waals surface area (Å²) < 4.78 is 10.6. The molecule has 1 aliphatic heterocycles. The smallest absolute Gasteiger partial charge is 0.319 e. The SMILES string of the molecule is C[C@@H](SCc1ccccc1)C(=O)O[C@@H]1CCOC1. The van der Waals surface area contributed by atoms with Crippen molar-refractivity contribution < 1.29 is 14.3 Å². The summed E-state index contributed by atoms with van der Waals surface area (Å²) in [6.07, 6.45) is 0.777. The van der Waals surface area contributed by atoms with E-state index in [4.69, 9.17) is 9.47 Å². The molecular weight excluding hydrogens is 248 g/mol. The van der Waals surface area contributed by atoms with E-state index in [9.17, 15) is 4.79 Å². The van der Waals surface area contributed by atoms with Crippen LogP contribution in [0.2, 0.25) is 0 Å². The maximum Gasteiger partial charge on any atom is 0.319 e. The van der Waals surface area contributed by atoms with Crippen molar-refractivity contribution in [2.45, 2.75) is 30.5 Å². The number of hydrogen-bond acceptors (Lipinski definition) is 4. The Hall–Kier alpha value is -1.00. The van der Waals surface area contributed by atoms with Crippen LogP contribution in [0.4, 0.5) is 0 Å². The molecule has 4 heteroatoms. The van der Waals surface area contributed by atoms with Crippen LogP contribution in [0.5, 0.6) is 0 Å². The zero-order chi connectivity index (χ0) is 12.8. The van der Waals surface area contributed by atoms with E-state index in [0.717, 1.165) is 12.2 Å². The van der Waals surface area contributed by atoms with Crippen molar-refractivity contribution in [3.05, 3.63) is 35.9 Å². The van der Waals surface area contributed by atoms with Gasteiger partial charge in [-0.3, -0.25) is 4.79 Å². The van der Waals surface area contributed by atoms with Gasteiger partial charge in [-0.1, -0.05) is 30.3 Å². The molecule has 98 valence electrons. The summed E-state index contributed by atoms with van der Waals surface area (Å²) in [6, 6.07) is 10.1. The van der Waals surface area contributed by atoms with Crippen LogP contribution in [0.1, 0.15) is 18.9 Å². The Morgan fingerprint density at radius 1 is 1.50 bits per heavy atom. The molecule has 1 aliphatic rings. The summed E-state index contributed by atoms with van der Waals surface area (Å²) in [6.45, 7) is 3.14. The molecule has 1 aromatic carbocycles. The average molecular weight is 266 g/mol. The first kappa shape index (κ1) is 13.4. The van der Waals surface area contributed by atoms with Crippen LogP contribution in [0.15, 0.2) is 30.3 Å². The Morgan fingerprint density at radius 3 is 2.94 bits per heavy atom. The van der Waals surface area contributed by atoms with Crippen LogP contribution in [0, 0.1) is 0 Å². The van der Waals surface area contributed by atoms with E-state index in [1.54, 1.807) is 11.8 Å². The van der Waals surface area contributed by atoms with Crippen molar-refractivity contribution in [3.8, 4) is 0 Å². The molecule has 0 radical (unpaired) electrons. The molecule has 0 spiro atoms. The minimum absolute atomic E-state index is 0.0442. The molecule has 3 nitrogen and oxygen atoms in total. The lowest BCUT2D eigenvalue weighted by atomic mass is 10.2. The topological polar surface area (TPSA) is 35.5 Å². The zero-order valence-corrected chi connectivity index (χ0v) is 11.3. The third-order valence-electron chi connectivity index (χ3n) is 2.85. The van der Waals surface area contributed by atoms with Crippen LogP contribution < -0.4 is 0 Å². The second kappa shape index (κ2) is 6.81. The van der Waals surface area contributed by atoms with Gasteiger partial charge in [0, 0.05) is 12.2 Å². The van der Waals surface area contributed by atoms with Crippen molar-refractivity contribution in [1.82, 2.24) is 0 Å². The first-order valence-electron chi connectivity index (χ1n) is 6.19. The molecule has 1 saturated heterocycles. The summed E-state index contributed by atoms with van der Waals surface area (Å²) in [4.78, 5) is 11.8. The second-order valence-corrected chi connectivity index (χ2v) is 5.69. The molecule has 0 amide bonds.